The van der Waals surface area contributed by atoms with Crippen LogP contribution in [-0.2, 0) is 17.1 Å². The summed E-state index contributed by atoms with van der Waals surface area (Å²) in [5.41, 5.74) is -5.55. The van der Waals surface area contributed by atoms with Crippen molar-refractivity contribution < 1.29 is 45.8 Å². The van der Waals surface area contributed by atoms with E-state index in [0.29, 0.717) is 36.4 Å². The Kier molecular flexibility index (Phi) is 9.23. The fourth-order valence-corrected chi connectivity index (χ4v) is 6.55. The Bertz CT molecular complexity index is 1420. The summed E-state index contributed by atoms with van der Waals surface area (Å²) in [4.78, 5) is 40.0. The second kappa shape index (κ2) is 12.0. The van der Waals surface area contributed by atoms with Crippen molar-refractivity contribution in [2.45, 2.75) is 96.6 Å². The molecule has 2 aliphatic carbocycles. The van der Waals surface area contributed by atoms with E-state index >= 15 is 0 Å². The first kappa shape index (κ1) is 33.8. The molecule has 1 heterocycles. The minimum absolute atomic E-state index is 0.0772. The lowest BCUT2D eigenvalue weighted by Crippen LogP contribution is -2.46. The minimum atomic E-state index is -5.05. The summed E-state index contributed by atoms with van der Waals surface area (Å²) in [5.74, 6) is -3.37. The third-order valence-corrected chi connectivity index (χ3v) is 9.45. The number of carboxylic acid groups (broad SMARTS) is 1. The number of aliphatic carboxylic acids is 1. The van der Waals surface area contributed by atoms with Gasteiger partial charge < -0.3 is 10.0 Å². The van der Waals surface area contributed by atoms with Gasteiger partial charge >= 0.3 is 18.3 Å². The van der Waals surface area contributed by atoms with Gasteiger partial charge in [-0.2, -0.15) is 31.4 Å². The number of ketones is 1. The van der Waals surface area contributed by atoms with Gasteiger partial charge in [0.15, 0.2) is 11.5 Å². The Morgan fingerprint density at radius 3 is 2.09 bits per heavy atom. The van der Waals surface area contributed by atoms with E-state index in [1.165, 1.54) is 6.92 Å². The van der Waals surface area contributed by atoms with E-state index in [9.17, 15) is 45.8 Å². The Balaban J connectivity index is 1.73. The number of amides is 1. The van der Waals surface area contributed by atoms with Crippen molar-refractivity contribution in [3.8, 4) is 0 Å². The van der Waals surface area contributed by atoms with Crippen molar-refractivity contribution in [1.29, 1.82) is 0 Å². The first-order valence-corrected chi connectivity index (χ1v) is 14.7. The number of rotatable bonds is 7. The van der Waals surface area contributed by atoms with Crippen LogP contribution in [0, 0.1) is 10.8 Å². The highest BCUT2D eigenvalue weighted by Gasteiger charge is 2.46. The fourth-order valence-electron chi connectivity index (χ4n) is 6.27. The van der Waals surface area contributed by atoms with Crippen molar-refractivity contribution in [1.82, 2.24) is 14.7 Å². The number of nitrogens with zero attached hydrogens (tertiary/aromatic N) is 3. The summed E-state index contributed by atoms with van der Waals surface area (Å²) in [6.07, 6.45) is -7.06. The zero-order valence-electron chi connectivity index (χ0n) is 24.5. The molecule has 4 rings (SSSR count). The minimum Gasteiger partial charge on any atom is -0.481 e. The molecule has 0 saturated heterocycles. The van der Waals surface area contributed by atoms with Crippen molar-refractivity contribution in [3.63, 3.8) is 0 Å². The summed E-state index contributed by atoms with van der Waals surface area (Å²) in [6.45, 7) is 4.59. The Hall–Kier alpha value is -3.09. The second-order valence-corrected chi connectivity index (χ2v) is 13.3. The normalized spacial score (nSPS) is 22.9. The number of carbonyl (C=O) groups excluding carboxylic acids is 2. The van der Waals surface area contributed by atoms with Crippen LogP contribution in [0.5, 0.6) is 0 Å². The third-order valence-electron chi connectivity index (χ3n) is 9.14. The third kappa shape index (κ3) is 6.92. The number of halogens is 7. The van der Waals surface area contributed by atoms with Gasteiger partial charge in [0.05, 0.1) is 45.9 Å². The molecule has 0 spiro atoms. The average molecular weight is 650 g/mol. The molecule has 2 aliphatic rings. The molecule has 1 aromatic heterocycles. The molecule has 0 atom stereocenters. The van der Waals surface area contributed by atoms with E-state index in [-0.39, 0.29) is 31.1 Å². The van der Waals surface area contributed by atoms with Gasteiger partial charge in [0.2, 0.25) is 0 Å². The van der Waals surface area contributed by atoms with Crippen molar-refractivity contribution >= 4 is 29.3 Å². The summed E-state index contributed by atoms with van der Waals surface area (Å²) < 4.78 is 85.8. The molecule has 44 heavy (non-hydrogen) atoms. The molecule has 2 fully saturated rings. The molecule has 0 unspecified atom stereocenters. The van der Waals surface area contributed by atoms with Crippen LogP contribution in [-0.4, -0.2) is 50.0 Å². The van der Waals surface area contributed by atoms with Crippen molar-refractivity contribution in [2.24, 2.45) is 10.8 Å². The number of carboxylic acids is 1. The van der Waals surface area contributed by atoms with Gasteiger partial charge in [0.1, 0.15) is 0 Å². The predicted octanol–water partition coefficient (Wildman–Crippen LogP) is 8.07. The van der Waals surface area contributed by atoms with Crippen LogP contribution in [0.25, 0.3) is 0 Å². The van der Waals surface area contributed by atoms with Crippen LogP contribution in [0.15, 0.2) is 24.4 Å². The predicted molar refractivity (Wildman–Crippen MR) is 148 cm³/mol. The van der Waals surface area contributed by atoms with Gasteiger partial charge in [-0.25, -0.2) is 0 Å². The molecule has 2 aromatic rings. The Morgan fingerprint density at radius 2 is 1.57 bits per heavy atom. The number of benzene rings is 1. The molecule has 0 radical (unpaired) electrons. The number of hydrogen-bond acceptors (Lipinski definition) is 4. The molecule has 1 aromatic carbocycles. The molecule has 0 bridgehead atoms. The van der Waals surface area contributed by atoms with E-state index in [1.807, 2.05) is 13.8 Å². The largest absolute Gasteiger partial charge is 0.481 e. The topological polar surface area (TPSA) is 92.5 Å². The fraction of sp³-hybridized carbons (Fsp3) is 0.600. The second-order valence-electron chi connectivity index (χ2n) is 12.9. The highest BCUT2D eigenvalue weighted by Crippen LogP contribution is 2.44. The van der Waals surface area contributed by atoms with Gasteiger partial charge in [0, 0.05) is 6.04 Å². The molecule has 1 N–H and O–H groups in total. The lowest BCUT2D eigenvalue weighted by atomic mass is 9.74. The highest BCUT2D eigenvalue weighted by atomic mass is 35.5. The molecular weight excluding hydrogens is 616 g/mol. The number of alkyl halides is 6. The first-order valence-electron chi connectivity index (χ1n) is 14.3. The summed E-state index contributed by atoms with van der Waals surface area (Å²) in [5, 5.41) is 12.9. The van der Waals surface area contributed by atoms with Crippen LogP contribution in [0.2, 0.25) is 5.02 Å². The van der Waals surface area contributed by atoms with Crippen LogP contribution in [0.3, 0.4) is 0 Å². The molecule has 0 aliphatic heterocycles. The van der Waals surface area contributed by atoms with E-state index in [4.69, 9.17) is 11.6 Å². The molecule has 14 heteroatoms. The maximum Gasteiger partial charge on any atom is 0.433 e. The zero-order valence-corrected chi connectivity index (χ0v) is 25.2. The SMILES string of the molecule is CC1(C)CCC(N(CC(=O)c2c(Cl)cccc2C(F)(F)F)C(=O)c2cnn([C@H]3CC[C@](C)(C(=O)O)CC3)c2C(F)(F)F)CC1. The number of hydrogen-bond donors (Lipinski definition) is 1. The molecule has 2 saturated carbocycles. The smallest absolute Gasteiger partial charge is 0.433 e. The van der Waals surface area contributed by atoms with Gasteiger partial charge in [-0.1, -0.05) is 31.5 Å². The highest BCUT2D eigenvalue weighted by molar-refractivity contribution is 6.34. The first-order chi connectivity index (χ1) is 20.2. The van der Waals surface area contributed by atoms with Gasteiger partial charge in [-0.05, 0) is 75.8 Å². The maximum absolute atomic E-state index is 14.6. The Labute approximate surface area is 255 Å². The standard InChI is InChI=1S/C30H34ClF6N3O4/c1-27(2)11-7-17(8-12-27)39(16-22(41)23-20(29(32,33)34)5-4-6-21(23)31)25(42)19-15-38-40(24(19)30(35,36)37)18-9-13-28(3,14-10-18)26(43)44/h4-6,15,17-18H,7-14,16H2,1-3H3,(H,43,44)/t18-,28-. The molecule has 7 nitrogen and oxygen atoms in total. The van der Waals surface area contributed by atoms with Crippen LogP contribution in [0.1, 0.15) is 110 Å². The number of Topliss-reactive ketones (excluding diaryl/α,β-unsaturated/α-hetero) is 1. The quantitative estimate of drug-likeness (QED) is 0.242. The molecule has 1 amide bonds. The van der Waals surface area contributed by atoms with E-state index in [1.54, 1.807) is 0 Å². The van der Waals surface area contributed by atoms with Gasteiger partial charge in [-0.3, -0.25) is 19.1 Å². The van der Waals surface area contributed by atoms with E-state index in [2.05, 4.69) is 5.10 Å². The van der Waals surface area contributed by atoms with Crippen LogP contribution >= 0.6 is 11.6 Å². The van der Waals surface area contributed by atoms with Gasteiger partial charge in [0.25, 0.3) is 5.91 Å². The Morgan fingerprint density at radius 1 is 0.977 bits per heavy atom. The average Bonchev–Trinajstić information content (AvgIpc) is 3.37. The zero-order chi connectivity index (χ0) is 32.8. The van der Waals surface area contributed by atoms with E-state index < -0.39 is 81.5 Å². The lowest BCUT2D eigenvalue weighted by molar-refractivity contribution is -0.152. The van der Waals surface area contributed by atoms with Gasteiger partial charge in [-0.15, -0.1) is 0 Å². The number of carbonyl (C=O) groups is 3. The van der Waals surface area contributed by atoms with Crippen molar-refractivity contribution in [2.75, 3.05) is 6.54 Å². The summed E-state index contributed by atoms with van der Waals surface area (Å²) in [6, 6.07) is 1.27. The summed E-state index contributed by atoms with van der Waals surface area (Å²) in [7, 11) is 0. The van der Waals surface area contributed by atoms with Crippen LogP contribution < -0.4 is 0 Å². The maximum atomic E-state index is 14.6. The van der Waals surface area contributed by atoms with E-state index in [0.717, 1.165) is 23.2 Å². The molecule has 242 valence electrons. The molecular formula is C30H34ClF6N3O4. The summed E-state index contributed by atoms with van der Waals surface area (Å²) >= 11 is 6.02. The van der Waals surface area contributed by atoms with Crippen molar-refractivity contribution in [3.05, 3.63) is 51.8 Å². The monoisotopic (exact) mass is 649 g/mol. The van der Waals surface area contributed by atoms with Crippen LogP contribution in [0.4, 0.5) is 26.3 Å². The lowest BCUT2D eigenvalue weighted by Gasteiger charge is -2.40. The number of aromatic nitrogens is 2.